The van der Waals surface area contributed by atoms with Crippen molar-refractivity contribution in [3.63, 3.8) is 0 Å². The van der Waals surface area contributed by atoms with Gasteiger partial charge in [0.15, 0.2) is 23.3 Å². The lowest BCUT2D eigenvalue weighted by Crippen LogP contribution is -2.66. The molecule has 0 fully saturated rings. The van der Waals surface area contributed by atoms with Gasteiger partial charge < -0.3 is 0 Å². The lowest BCUT2D eigenvalue weighted by Gasteiger charge is -2.37. The van der Waals surface area contributed by atoms with Gasteiger partial charge in [0.25, 0.3) is 0 Å². The summed E-state index contributed by atoms with van der Waals surface area (Å²) in [5, 5.41) is -17.8. The summed E-state index contributed by atoms with van der Waals surface area (Å²) < 4.78 is 349. The predicted octanol–water partition coefficient (Wildman–Crippen LogP) is 7.06. The molecule has 0 aromatic heterocycles. The molecule has 0 bridgehead atoms. The van der Waals surface area contributed by atoms with Crippen LogP contribution in [0.25, 0.3) is 0 Å². The van der Waals surface area contributed by atoms with Crippen LogP contribution < -0.4 is 0 Å². The highest BCUT2D eigenvalue weighted by molar-refractivity contribution is 8.09. The van der Waals surface area contributed by atoms with Crippen molar-refractivity contribution in [1.82, 2.24) is 0 Å². The molecule has 0 atom stereocenters. The third kappa shape index (κ3) is 4.89. The van der Waals surface area contributed by atoms with Crippen molar-refractivity contribution < 1.29 is 118 Å². The van der Waals surface area contributed by atoms with Gasteiger partial charge in [0.1, 0.15) is 0 Å². The molecule has 0 radical (unpaired) electrons. The molecule has 0 amide bonds. The fourth-order valence-electron chi connectivity index (χ4n) is 2.65. The molecule has 0 saturated heterocycles. The van der Waals surface area contributed by atoms with E-state index in [4.69, 9.17) is 0 Å². The Labute approximate surface area is 224 Å². The first-order valence-electron chi connectivity index (χ1n) is 9.18. The quantitative estimate of drug-likeness (QED) is 0.154. The summed E-state index contributed by atoms with van der Waals surface area (Å²) in [6.07, 6.45) is -16.2. The Balaban J connectivity index is 4.61. The highest BCUT2D eigenvalue weighted by Gasteiger charge is 2.89. The Morgan fingerprint density at radius 3 is 0.773 bits per heavy atom. The van der Waals surface area contributed by atoms with Crippen LogP contribution in [-0.2, 0) is 19.7 Å². The van der Waals surface area contributed by atoms with E-state index in [0.29, 0.717) is 0 Å². The maximum Gasteiger partial charge on any atom is 0.460 e. The van der Waals surface area contributed by atoms with Crippen molar-refractivity contribution in [3.8, 4) is 0 Å². The molecular weight excluding hydrogens is 745 g/mol. The first kappa shape index (κ1) is 39.5. The molecule has 1 aromatic rings. The SMILES string of the molecule is O=S(=O)(C(c1c(F)c(F)c(F)c(F)c1F)S(=O)(=O)C(F)(F)C(F)(F)C(F)(F)C(F)(F)F)C(F)(F)C(F)(F)C(F)(F)C(F)(F)F. The first-order chi connectivity index (χ1) is 18.8. The third-order valence-corrected chi connectivity index (χ3v) is 10.1. The highest BCUT2D eigenvalue weighted by Crippen LogP contribution is 2.61. The van der Waals surface area contributed by atoms with Crippen molar-refractivity contribution in [2.45, 2.75) is 51.1 Å². The molecule has 1 rings (SSSR count). The minimum atomic E-state index is -9.75. The third-order valence-electron chi connectivity index (χ3n) is 4.99. The van der Waals surface area contributed by atoms with Gasteiger partial charge in [-0.25, -0.2) is 38.8 Å². The van der Waals surface area contributed by atoms with Crippen LogP contribution in [0.15, 0.2) is 0 Å². The second-order valence-corrected chi connectivity index (χ2v) is 12.2. The molecule has 0 saturated carbocycles. The summed E-state index contributed by atoms with van der Waals surface area (Å²) in [5.74, 6) is -55.4. The van der Waals surface area contributed by atoms with Crippen LogP contribution in [0.4, 0.5) is 101 Å². The molecule has 29 heteroatoms. The topological polar surface area (TPSA) is 68.3 Å². The number of rotatable bonds is 9. The van der Waals surface area contributed by atoms with E-state index in [0.717, 1.165) is 0 Å². The Morgan fingerprint density at radius 1 is 0.364 bits per heavy atom. The maximum atomic E-state index is 14.3. The zero-order chi connectivity index (χ0) is 36.0. The normalized spacial score (nSPS) is 15.7. The molecule has 0 aliphatic rings. The van der Waals surface area contributed by atoms with Crippen LogP contribution >= 0.6 is 0 Å². The van der Waals surface area contributed by atoms with Crippen LogP contribution in [0.3, 0.4) is 0 Å². The predicted molar refractivity (Wildman–Crippen MR) is 88.6 cm³/mol. The van der Waals surface area contributed by atoms with Gasteiger partial charge in [0, 0.05) is 0 Å². The number of alkyl halides is 18. The summed E-state index contributed by atoms with van der Waals surface area (Å²) in [6.45, 7) is 0. The zero-order valence-electron chi connectivity index (χ0n) is 18.7. The number of benzene rings is 1. The number of halogens is 23. The van der Waals surface area contributed by atoms with Crippen molar-refractivity contribution in [2.24, 2.45) is 0 Å². The van der Waals surface area contributed by atoms with E-state index < -0.39 is 105 Å². The number of hydrogen-bond donors (Lipinski definition) is 0. The average Bonchev–Trinajstić information content (AvgIpc) is 2.81. The standard InChI is InChI=1S/C15HF23O4S2/c16-2-1(3(17)5(19)6(20)4(2)18)7(43(39,40)14(35,36)10(25,26)8(21,22)12(29,30)31)44(41,42)15(37,38)11(27,28)9(23,24)13(32,33)34/h7H. The van der Waals surface area contributed by atoms with E-state index in [1.165, 1.54) is 0 Å². The summed E-state index contributed by atoms with van der Waals surface area (Å²) >= 11 is 0. The Bertz CT molecular complexity index is 1410. The van der Waals surface area contributed by atoms with Crippen LogP contribution in [0.2, 0.25) is 0 Å². The van der Waals surface area contributed by atoms with Crippen LogP contribution in [0.1, 0.15) is 10.1 Å². The molecule has 0 unspecified atom stereocenters. The van der Waals surface area contributed by atoms with Gasteiger partial charge in [0.05, 0.1) is 5.56 Å². The smallest absolute Gasteiger partial charge is 0.221 e. The molecule has 1 aromatic carbocycles. The molecule has 4 nitrogen and oxygen atoms in total. The highest BCUT2D eigenvalue weighted by atomic mass is 32.3. The lowest BCUT2D eigenvalue weighted by atomic mass is 10.1. The largest absolute Gasteiger partial charge is 0.460 e. The van der Waals surface area contributed by atoms with E-state index in [-0.39, 0.29) is 0 Å². The monoisotopic (exact) mass is 746 g/mol. The minimum Gasteiger partial charge on any atom is -0.221 e. The second kappa shape index (κ2) is 10.3. The summed E-state index contributed by atoms with van der Waals surface area (Å²) in [6, 6.07) is 0. The van der Waals surface area contributed by atoms with E-state index in [1.807, 2.05) is 0 Å². The molecule has 0 aliphatic carbocycles. The van der Waals surface area contributed by atoms with E-state index in [2.05, 4.69) is 0 Å². The van der Waals surface area contributed by atoms with Gasteiger partial charge in [-0.15, -0.1) is 0 Å². The Morgan fingerprint density at radius 2 is 0.568 bits per heavy atom. The van der Waals surface area contributed by atoms with E-state index >= 15 is 0 Å². The molecule has 0 spiro atoms. The van der Waals surface area contributed by atoms with E-state index in [9.17, 15) is 118 Å². The average molecular weight is 746 g/mol. The Kier molecular flexibility index (Phi) is 9.22. The molecule has 0 N–H and O–H groups in total. The fourth-order valence-corrected chi connectivity index (χ4v) is 7.26. The van der Waals surface area contributed by atoms with Crippen molar-refractivity contribution in [3.05, 3.63) is 34.6 Å². The molecule has 0 aliphatic heterocycles. The number of hydrogen-bond acceptors (Lipinski definition) is 4. The lowest BCUT2D eigenvalue weighted by molar-refractivity contribution is -0.382. The minimum absolute atomic E-state index is 3.72. The van der Waals surface area contributed by atoms with E-state index in [1.54, 1.807) is 0 Å². The first-order valence-corrected chi connectivity index (χ1v) is 12.3. The van der Waals surface area contributed by atoms with Crippen LogP contribution in [-0.4, -0.2) is 63.4 Å². The molecular formula is C15HF23O4S2. The Hall–Kier alpha value is -2.49. The molecule has 44 heavy (non-hydrogen) atoms. The zero-order valence-corrected chi connectivity index (χ0v) is 20.4. The maximum absolute atomic E-state index is 14.3. The fraction of sp³-hybridized carbons (Fsp3) is 0.600. The molecule has 0 heterocycles. The van der Waals surface area contributed by atoms with Gasteiger partial charge in [-0.05, 0) is 0 Å². The summed E-state index contributed by atoms with van der Waals surface area (Å²) in [4.78, 5) is 0. The second-order valence-electron chi connectivity index (χ2n) is 7.73. The van der Waals surface area contributed by atoms with Gasteiger partial charge in [-0.3, -0.25) is 0 Å². The van der Waals surface area contributed by atoms with Crippen LogP contribution in [0.5, 0.6) is 0 Å². The molecule has 258 valence electrons. The van der Waals surface area contributed by atoms with Crippen molar-refractivity contribution in [2.75, 3.05) is 0 Å². The number of sulfone groups is 2. The van der Waals surface area contributed by atoms with Gasteiger partial charge in [0.2, 0.25) is 30.1 Å². The van der Waals surface area contributed by atoms with Gasteiger partial charge in [-0.2, -0.15) is 79.0 Å². The van der Waals surface area contributed by atoms with Crippen LogP contribution in [0, 0.1) is 29.1 Å². The van der Waals surface area contributed by atoms with Gasteiger partial charge in [-0.1, -0.05) is 0 Å². The van der Waals surface area contributed by atoms with Gasteiger partial charge >= 0.3 is 46.6 Å². The van der Waals surface area contributed by atoms with Crippen molar-refractivity contribution >= 4 is 19.7 Å². The van der Waals surface area contributed by atoms with Crippen molar-refractivity contribution in [1.29, 1.82) is 0 Å². The summed E-state index contributed by atoms with van der Waals surface area (Å²) in [5.41, 5.74) is -4.57. The summed E-state index contributed by atoms with van der Waals surface area (Å²) in [7, 11) is -19.5.